The van der Waals surface area contributed by atoms with Crippen LogP contribution in [0.25, 0.3) is 0 Å². The van der Waals surface area contributed by atoms with Crippen LogP contribution in [0.3, 0.4) is 0 Å². The minimum Gasteiger partial charge on any atom is -0.493 e. The quantitative estimate of drug-likeness (QED) is 0.873. The van der Waals surface area contributed by atoms with E-state index in [0.717, 1.165) is 0 Å². The molecule has 1 aromatic rings. The third kappa shape index (κ3) is 2.16. The zero-order valence-electron chi connectivity index (χ0n) is 8.80. The lowest BCUT2D eigenvalue weighted by molar-refractivity contribution is 0.346. The van der Waals surface area contributed by atoms with E-state index in [0.29, 0.717) is 5.75 Å². The number of ether oxygens (including phenoxy) is 2. The number of hydrogen-bond donors (Lipinski definition) is 1. The van der Waals surface area contributed by atoms with Crippen molar-refractivity contribution in [3.63, 3.8) is 0 Å². The van der Waals surface area contributed by atoms with E-state index in [1.807, 2.05) is 0 Å². The van der Waals surface area contributed by atoms with Gasteiger partial charge in [0.15, 0.2) is 17.3 Å². The molecule has 0 spiro atoms. The molecule has 0 aliphatic rings. The van der Waals surface area contributed by atoms with Crippen LogP contribution in [0.5, 0.6) is 11.5 Å². The zero-order valence-corrected chi connectivity index (χ0v) is 9.56. The van der Waals surface area contributed by atoms with Crippen molar-refractivity contribution >= 4 is 11.6 Å². The van der Waals surface area contributed by atoms with Crippen LogP contribution in [0.15, 0.2) is 6.07 Å². The normalized spacial score (nSPS) is 12.4. The number of methoxy groups -OCH3 is 2. The van der Waals surface area contributed by atoms with E-state index in [-0.39, 0.29) is 16.3 Å². The van der Waals surface area contributed by atoms with Gasteiger partial charge in [-0.25, -0.2) is 4.39 Å². The van der Waals surface area contributed by atoms with Gasteiger partial charge in [0.2, 0.25) is 0 Å². The Morgan fingerprint density at radius 2 is 2.00 bits per heavy atom. The van der Waals surface area contributed by atoms with Crippen LogP contribution in [-0.2, 0) is 0 Å². The summed E-state index contributed by atoms with van der Waals surface area (Å²) in [5.74, 6) is 0.0925. The number of halogens is 2. The molecule has 1 atom stereocenters. The highest BCUT2D eigenvalue weighted by molar-refractivity contribution is 6.31. The average molecular weight is 234 g/mol. The smallest absolute Gasteiger partial charge is 0.168 e. The lowest BCUT2D eigenvalue weighted by Crippen LogP contribution is -2.10. The number of nitrogens with two attached hydrogens (primary N) is 1. The second-order valence-corrected chi connectivity index (χ2v) is 3.52. The molecule has 0 saturated heterocycles. The fraction of sp³-hybridized carbons (Fsp3) is 0.400. The molecule has 0 aromatic heterocycles. The summed E-state index contributed by atoms with van der Waals surface area (Å²) in [4.78, 5) is 0. The van der Waals surface area contributed by atoms with Crippen LogP contribution < -0.4 is 15.2 Å². The Balaban J connectivity index is 3.49. The summed E-state index contributed by atoms with van der Waals surface area (Å²) in [5, 5.41) is -0.0278. The minimum atomic E-state index is -0.565. The van der Waals surface area contributed by atoms with E-state index in [4.69, 9.17) is 26.8 Å². The SMILES string of the molecule is COc1cc(Cl)c(F)c(C(C)N)c1OC. The molecule has 84 valence electrons. The number of rotatable bonds is 3. The van der Waals surface area contributed by atoms with Crippen LogP contribution in [-0.4, -0.2) is 14.2 Å². The van der Waals surface area contributed by atoms with Crippen LogP contribution in [0, 0.1) is 5.82 Å². The average Bonchev–Trinajstić information content (AvgIpc) is 2.20. The molecule has 0 aliphatic carbocycles. The second kappa shape index (κ2) is 4.68. The highest BCUT2D eigenvalue weighted by Crippen LogP contribution is 2.39. The summed E-state index contributed by atoms with van der Waals surface area (Å²) in [7, 11) is 2.88. The lowest BCUT2D eigenvalue weighted by atomic mass is 10.1. The number of benzene rings is 1. The second-order valence-electron chi connectivity index (χ2n) is 3.11. The molecule has 15 heavy (non-hydrogen) atoms. The van der Waals surface area contributed by atoms with Crippen molar-refractivity contribution in [3.05, 3.63) is 22.5 Å². The minimum absolute atomic E-state index is 0.0278. The summed E-state index contributed by atoms with van der Waals surface area (Å²) < 4.78 is 23.8. The molecule has 1 aromatic carbocycles. The van der Waals surface area contributed by atoms with Crippen molar-refractivity contribution in [2.75, 3.05) is 14.2 Å². The zero-order chi connectivity index (χ0) is 11.6. The summed E-state index contributed by atoms with van der Waals surface area (Å²) in [6.45, 7) is 1.65. The first kappa shape index (κ1) is 12.1. The molecular formula is C10H13ClFNO2. The Labute approximate surface area is 92.9 Å². The molecular weight excluding hydrogens is 221 g/mol. The monoisotopic (exact) mass is 233 g/mol. The Morgan fingerprint density at radius 1 is 1.40 bits per heavy atom. The first-order valence-electron chi connectivity index (χ1n) is 4.38. The van der Waals surface area contributed by atoms with E-state index in [9.17, 15) is 4.39 Å². The van der Waals surface area contributed by atoms with Crippen LogP contribution in [0.2, 0.25) is 5.02 Å². The Hall–Kier alpha value is -1.00. The van der Waals surface area contributed by atoms with Gasteiger partial charge in [-0.1, -0.05) is 11.6 Å². The first-order chi connectivity index (χ1) is 7.02. The molecule has 0 aliphatic heterocycles. The van der Waals surface area contributed by atoms with Gasteiger partial charge in [0.1, 0.15) is 0 Å². The van der Waals surface area contributed by atoms with Gasteiger partial charge in [0, 0.05) is 12.1 Å². The van der Waals surface area contributed by atoms with Gasteiger partial charge in [-0.2, -0.15) is 0 Å². The molecule has 2 N–H and O–H groups in total. The molecule has 0 radical (unpaired) electrons. The topological polar surface area (TPSA) is 44.5 Å². The van der Waals surface area contributed by atoms with Crippen molar-refractivity contribution in [2.45, 2.75) is 13.0 Å². The predicted octanol–water partition coefficient (Wildman–Crippen LogP) is 2.52. The van der Waals surface area contributed by atoms with Crippen molar-refractivity contribution in [3.8, 4) is 11.5 Å². The molecule has 0 fully saturated rings. The Kier molecular flexibility index (Phi) is 3.77. The van der Waals surface area contributed by atoms with Crippen molar-refractivity contribution in [1.82, 2.24) is 0 Å². The molecule has 0 heterocycles. The largest absolute Gasteiger partial charge is 0.493 e. The molecule has 1 unspecified atom stereocenters. The van der Waals surface area contributed by atoms with Crippen molar-refractivity contribution in [2.24, 2.45) is 5.73 Å². The highest BCUT2D eigenvalue weighted by atomic mass is 35.5. The summed E-state index contributed by atoms with van der Waals surface area (Å²) >= 11 is 5.70. The van der Waals surface area contributed by atoms with Gasteiger partial charge in [-0.15, -0.1) is 0 Å². The maximum Gasteiger partial charge on any atom is 0.168 e. The van der Waals surface area contributed by atoms with E-state index < -0.39 is 11.9 Å². The van der Waals surface area contributed by atoms with E-state index in [1.165, 1.54) is 20.3 Å². The van der Waals surface area contributed by atoms with Crippen LogP contribution >= 0.6 is 11.6 Å². The molecule has 5 heteroatoms. The summed E-state index contributed by atoms with van der Waals surface area (Å²) in [6.07, 6.45) is 0. The molecule has 0 saturated carbocycles. The van der Waals surface area contributed by atoms with E-state index in [2.05, 4.69) is 0 Å². The third-order valence-electron chi connectivity index (χ3n) is 2.05. The van der Waals surface area contributed by atoms with Gasteiger partial charge >= 0.3 is 0 Å². The lowest BCUT2D eigenvalue weighted by Gasteiger charge is -2.16. The highest BCUT2D eigenvalue weighted by Gasteiger charge is 2.21. The fourth-order valence-corrected chi connectivity index (χ4v) is 1.57. The molecule has 0 bridgehead atoms. The standard InChI is InChI=1S/C10H13ClFNO2/c1-5(13)8-9(12)6(11)4-7(14-2)10(8)15-3/h4-5H,13H2,1-3H3. The Bertz CT molecular complexity index is 369. The molecule has 3 nitrogen and oxygen atoms in total. The van der Waals surface area contributed by atoms with Crippen LogP contribution in [0.4, 0.5) is 4.39 Å². The van der Waals surface area contributed by atoms with Gasteiger partial charge < -0.3 is 15.2 Å². The third-order valence-corrected chi connectivity index (χ3v) is 2.33. The molecule has 1 rings (SSSR count). The fourth-order valence-electron chi connectivity index (χ4n) is 1.37. The Morgan fingerprint density at radius 3 is 2.40 bits per heavy atom. The van der Waals surface area contributed by atoms with E-state index in [1.54, 1.807) is 6.92 Å². The van der Waals surface area contributed by atoms with E-state index >= 15 is 0 Å². The predicted molar refractivity (Wildman–Crippen MR) is 57.1 cm³/mol. The first-order valence-corrected chi connectivity index (χ1v) is 4.76. The number of hydrogen-bond acceptors (Lipinski definition) is 3. The van der Waals surface area contributed by atoms with Gasteiger partial charge in [0.05, 0.1) is 24.8 Å². The van der Waals surface area contributed by atoms with Crippen molar-refractivity contribution < 1.29 is 13.9 Å². The summed E-state index contributed by atoms with van der Waals surface area (Å²) in [5.41, 5.74) is 5.87. The maximum absolute atomic E-state index is 13.7. The summed E-state index contributed by atoms with van der Waals surface area (Å²) in [6, 6.07) is 0.842. The van der Waals surface area contributed by atoms with Gasteiger partial charge in [-0.05, 0) is 6.92 Å². The van der Waals surface area contributed by atoms with Crippen LogP contribution in [0.1, 0.15) is 18.5 Å². The van der Waals surface area contributed by atoms with Gasteiger partial charge in [0.25, 0.3) is 0 Å². The van der Waals surface area contributed by atoms with Crippen molar-refractivity contribution in [1.29, 1.82) is 0 Å². The maximum atomic E-state index is 13.7. The van der Waals surface area contributed by atoms with Gasteiger partial charge in [-0.3, -0.25) is 0 Å². The molecule has 0 amide bonds.